The van der Waals surface area contributed by atoms with E-state index in [1.807, 2.05) is 0 Å². The summed E-state index contributed by atoms with van der Waals surface area (Å²) >= 11 is 0.998. The van der Waals surface area contributed by atoms with Gasteiger partial charge in [-0.3, -0.25) is 4.79 Å². The molecule has 0 aromatic carbocycles. The molecule has 78 valence electrons. The molecule has 5 nitrogen and oxygen atoms in total. The maximum Gasteiger partial charge on any atom is 0.250 e. The Balaban J connectivity index is 3.25. The van der Waals surface area contributed by atoms with Gasteiger partial charge >= 0.3 is 0 Å². The smallest absolute Gasteiger partial charge is 0.250 e. The van der Waals surface area contributed by atoms with Crippen LogP contribution in [-0.2, 0) is 10.0 Å². The Morgan fingerprint density at radius 2 is 2.29 bits per heavy atom. The second-order valence-corrected chi connectivity index (χ2v) is 5.45. The summed E-state index contributed by atoms with van der Waals surface area (Å²) in [7, 11) is -2.25. The standard InChI is InChI=1S/C7H10N2O3S2/c1-9-14(11,12)7-5(2-3-13-7)6(10)4-8/h2-3,9H,4,8H2,1H3. The number of Topliss-reactive ketones (excluding diaryl/α,β-unsaturated/α-hetero) is 1. The normalized spacial score (nSPS) is 11.6. The summed E-state index contributed by atoms with van der Waals surface area (Å²) in [6.45, 7) is -0.192. The van der Waals surface area contributed by atoms with E-state index < -0.39 is 10.0 Å². The van der Waals surface area contributed by atoms with Crippen molar-refractivity contribution in [1.82, 2.24) is 4.72 Å². The summed E-state index contributed by atoms with van der Waals surface area (Å²) in [4.78, 5) is 11.2. The molecule has 0 atom stereocenters. The third-order valence-electron chi connectivity index (χ3n) is 1.63. The number of thiophene rings is 1. The van der Waals surface area contributed by atoms with Crippen LogP contribution in [0.25, 0.3) is 0 Å². The largest absolute Gasteiger partial charge is 0.324 e. The van der Waals surface area contributed by atoms with Crippen molar-refractivity contribution in [1.29, 1.82) is 0 Å². The van der Waals surface area contributed by atoms with E-state index in [1.54, 1.807) is 5.38 Å². The Morgan fingerprint density at radius 3 is 2.79 bits per heavy atom. The van der Waals surface area contributed by atoms with Gasteiger partial charge in [-0.25, -0.2) is 13.1 Å². The van der Waals surface area contributed by atoms with Crippen molar-refractivity contribution in [3.05, 3.63) is 17.0 Å². The van der Waals surface area contributed by atoms with Crippen molar-refractivity contribution in [2.75, 3.05) is 13.6 Å². The first-order valence-electron chi connectivity index (χ1n) is 3.77. The van der Waals surface area contributed by atoms with Gasteiger partial charge in [0, 0.05) is 5.56 Å². The number of hydrogen-bond donors (Lipinski definition) is 2. The minimum atomic E-state index is -3.55. The van der Waals surface area contributed by atoms with E-state index in [1.165, 1.54) is 13.1 Å². The highest BCUT2D eigenvalue weighted by Crippen LogP contribution is 2.22. The van der Waals surface area contributed by atoms with Crippen LogP contribution < -0.4 is 10.5 Å². The Bertz CT molecular complexity index is 436. The molecule has 3 N–H and O–H groups in total. The van der Waals surface area contributed by atoms with Gasteiger partial charge in [-0.2, -0.15) is 0 Å². The molecule has 0 unspecified atom stereocenters. The van der Waals surface area contributed by atoms with Crippen LogP contribution in [0.5, 0.6) is 0 Å². The SMILES string of the molecule is CNS(=O)(=O)c1sccc1C(=O)CN. The molecule has 0 amide bonds. The van der Waals surface area contributed by atoms with Gasteiger partial charge in [-0.15, -0.1) is 11.3 Å². The van der Waals surface area contributed by atoms with Gasteiger partial charge in [0.15, 0.2) is 5.78 Å². The number of carbonyl (C=O) groups excluding carboxylic acids is 1. The minimum absolute atomic E-state index is 0.0236. The van der Waals surface area contributed by atoms with Crippen molar-refractivity contribution in [3.8, 4) is 0 Å². The number of ketones is 1. The summed E-state index contributed by atoms with van der Waals surface area (Å²) < 4.78 is 25.0. The minimum Gasteiger partial charge on any atom is -0.324 e. The fraction of sp³-hybridized carbons (Fsp3) is 0.286. The van der Waals surface area contributed by atoms with Crippen LogP contribution in [0.3, 0.4) is 0 Å². The molecule has 0 aliphatic carbocycles. The lowest BCUT2D eigenvalue weighted by molar-refractivity contribution is 0.0999. The molecule has 0 spiro atoms. The lowest BCUT2D eigenvalue weighted by atomic mass is 10.2. The first-order chi connectivity index (χ1) is 6.53. The monoisotopic (exact) mass is 234 g/mol. The summed E-state index contributed by atoms with van der Waals surface area (Å²) in [5.74, 6) is -0.375. The average molecular weight is 234 g/mol. The van der Waals surface area contributed by atoms with E-state index in [0.29, 0.717) is 0 Å². The van der Waals surface area contributed by atoms with Crippen LogP contribution in [0, 0.1) is 0 Å². The first-order valence-corrected chi connectivity index (χ1v) is 6.13. The lowest BCUT2D eigenvalue weighted by Crippen LogP contribution is -2.21. The number of hydrogen-bond acceptors (Lipinski definition) is 5. The van der Waals surface area contributed by atoms with E-state index in [4.69, 9.17) is 5.73 Å². The lowest BCUT2D eigenvalue weighted by Gasteiger charge is -2.01. The molecule has 7 heteroatoms. The van der Waals surface area contributed by atoms with Crippen molar-refractivity contribution in [3.63, 3.8) is 0 Å². The van der Waals surface area contributed by atoms with Gasteiger partial charge in [0.05, 0.1) is 6.54 Å². The number of carbonyl (C=O) groups is 1. The number of nitrogens with one attached hydrogen (secondary N) is 1. The number of nitrogens with two attached hydrogens (primary N) is 1. The highest BCUT2D eigenvalue weighted by Gasteiger charge is 2.21. The maximum absolute atomic E-state index is 11.4. The highest BCUT2D eigenvalue weighted by molar-refractivity contribution is 7.91. The molecule has 0 bridgehead atoms. The summed E-state index contributed by atoms with van der Waals surface area (Å²) in [6.07, 6.45) is 0. The Kier molecular flexibility index (Phi) is 3.38. The predicted molar refractivity (Wildman–Crippen MR) is 53.9 cm³/mol. The van der Waals surface area contributed by atoms with Crippen molar-refractivity contribution in [2.24, 2.45) is 5.73 Å². The van der Waals surface area contributed by atoms with Gasteiger partial charge in [0.1, 0.15) is 4.21 Å². The van der Waals surface area contributed by atoms with Crippen LogP contribution in [0.4, 0.5) is 0 Å². The molecule has 0 saturated carbocycles. The molecule has 0 aliphatic rings. The molecular formula is C7H10N2O3S2. The molecule has 0 fully saturated rings. The summed E-state index contributed by atoms with van der Waals surface area (Å²) in [5.41, 5.74) is 5.32. The molecule has 0 saturated heterocycles. The molecule has 14 heavy (non-hydrogen) atoms. The van der Waals surface area contributed by atoms with Gasteiger partial charge in [0.2, 0.25) is 0 Å². The Labute approximate surface area is 86.0 Å². The predicted octanol–water partition coefficient (Wildman–Crippen LogP) is -0.202. The topological polar surface area (TPSA) is 89.3 Å². The average Bonchev–Trinajstić information content (AvgIpc) is 2.65. The number of rotatable bonds is 4. The molecule has 1 heterocycles. The molecule has 1 aromatic rings. The third-order valence-corrected chi connectivity index (χ3v) is 4.53. The fourth-order valence-corrected chi connectivity index (χ4v) is 3.13. The molecular weight excluding hydrogens is 224 g/mol. The molecule has 0 aliphatic heterocycles. The van der Waals surface area contributed by atoms with E-state index in [0.717, 1.165) is 11.3 Å². The van der Waals surface area contributed by atoms with E-state index >= 15 is 0 Å². The van der Waals surface area contributed by atoms with Crippen molar-refractivity contribution in [2.45, 2.75) is 4.21 Å². The van der Waals surface area contributed by atoms with Crippen LogP contribution >= 0.6 is 11.3 Å². The van der Waals surface area contributed by atoms with Gasteiger partial charge in [-0.05, 0) is 18.5 Å². The van der Waals surface area contributed by atoms with Crippen molar-refractivity contribution < 1.29 is 13.2 Å². The summed E-state index contributed by atoms with van der Waals surface area (Å²) in [5, 5.41) is 1.55. The van der Waals surface area contributed by atoms with Crippen LogP contribution in [0.15, 0.2) is 15.7 Å². The third kappa shape index (κ3) is 2.01. The van der Waals surface area contributed by atoms with Crippen LogP contribution in [-0.4, -0.2) is 27.8 Å². The molecule has 1 rings (SSSR count). The number of sulfonamides is 1. The van der Waals surface area contributed by atoms with Gasteiger partial charge in [-0.1, -0.05) is 0 Å². The van der Waals surface area contributed by atoms with Crippen molar-refractivity contribution >= 4 is 27.1 Å². The van der Waals surface area contributed by atoms with Crippen LogP contribution in [0.1, 0.15) is 10.4 Å². The van der Waals surface area contributed by atoms with E-state index in [-0.39, 0.29) is 22.1 Å². The van der Waals surface area contributed by atoms with Gasteiger partial charge in [0.25, 0.3) is 10.0 Å². The molecule has 0 radical (unpaired) electrons. The van der Waals surface area contributed by atoms with Crippen LogP contribution in [0.2, 0.25) is 0 Å². The van der Waals surface area contributed by atoms with E-state index in [2.05, 4.69) is 4.72 Å². The Hall–Kier alpha value is -0.760. The molecule has 1 aromatic heterocycles. The second kappa shape index (κ2) is 4.18. The first kappa shape index (κ1) is 11.3. The van der Waals surface area contributed by atoms with Gasteiger partial charge < -0.3 is 5.73 Å². The van der Waals surface area contributed by atoms with E-state index in [9.17, 15) is 13.2 Å². The second-order valence-electron chi connectivity index (χ2n) is 2.46. The fourth-order valence-electron chi connectivity index (χ4n) is 0.913. The zero-order valence-corrected chi connectivity index (χ0v) is 9.11. The highest BCUT2D eigenvalue weighted by atomic mass is 32.2. The maximum atomic E-state index is 11.4. The Morgan fingerprint density at radius 1 is 1.64 bits per heavy atom. The quantitative estimate of drug-likeness (QED) is 0.706. The zero-order valence-electron chi connectivity index (χ0n) is 7.48. The summed E-state index contributed by atoms with van der Waals surface area (Å²) in [6, 6.07) is 1.46. The zero-order chi connectivity index (χ0) is 10.8.